The molecule has 2 aromatic carbocycles. The van der Waals surface area contributed by atoms with E-state index in [1.807, 2.05) is 0 Å². The Balaban J connectivity index is 2.26. The largest absolute Gasteiger partial charge is 0.278 e. The van der Waals surface area contributed by atoms with E-state index in [-0.39, 0.29) is 22.6 Å². The normalized spacial score (nSPS) is 10.5. The van der Waals surface area contributed by atoms with Gasteiger partial charge < -0.3 is 0 Å². The second-order valence-corrected chi connectivity index (χ2v) is 5.01. The Morgan fingerprint density at radius 2 is 1.65 bits per heavy atom. The number of rotatable bonds is 3. The van der Waals surface area contributed by atoms with Crippen LogP contribution in [0.5, 0.6) is 0 Å². The third-order valence-corrected chi connectivity index (χ3v) is 3.43. The van der Waals surface area contributed by atoms with E-state index in [9.17, 15) is 14.5 Å². The average molecular weight is 309 g/mol. The summed E-state index contributed by atoms with van der Waals surface area (Å²) < 4.78 is 14.3. The van der Waals surface area contributed by atoms with Gasteiger partial charge in [0, 0.05) is 24.0 Å². The summed E-state index contributed by atoms with van der Waals surface area (Å²) in [5.41, 5.74) is 1.81. The number of para-hydroxylation sites is 1. The molecule has 0 saturated heterocycles. The molecular weight excluding hydrogens is 297 g/mol. The molecule has 1 heterocycles. The zero-order chi connectivity index (χ0) is 16.4. The monoisotopic (exact) mass is 309 g/mol. The second-order valence-electron chi connectivity index (χ2n) is 5.01. The molecule has 114 valence electrons. The molecule has 0 spiro atoms. The molecule has 0 aliphatic carbocycles. The Kier molecular flexibility index (Phi) is 3.80. The molecule has 0 aliphatic rings. The third-order valence-electron chi connectivity index (χ3n) is 3.43. The number of nitro groups is 1. The summed E-state index contributed by atoms with van der Waals surface area (Å²) in [6, 6.07) is 11.0. The number of aryl methyl sites for hydroxylation is 1. The van der Waals surface area contributed by atoms with Gasteiger partial charge in [0.25, 0.3) is 5.69 Å². The van der Waals surface area contributed by atoms with Crippen LogP contribution in [-0.2, 0) is 0 Å². The number of nitro benzene ring substituents is 1. The minimum Gasteiger partial charge on any atom is -0.258 e. The zero-order valence-corrected chi connectivity index (χ0v) is 12.2. The molecule has 0 unspecified atom stereocenters. The molecule has 0 amide bonds. The smallest absolute Gasteiger partial charge is 0.258 e. The molecule has 0 N–H and O–H groups in total. The lowest BCUT2D eigenvalue weighted by atomic mass is 10.0. The molecule has 3 aromatic rings. The van der Waals surface area contributed by atoms with Gasteiger partial charge in [-0.3, -0.25) is 20.1 Å². The van der Waals surface area contributed by atoms with Crippen LogP contribution in [0, 0.1) is 22.9 Å². The Bertz CT molecular complexity index is 897. The van der Waals surface area contributed by atoms with Crippen molar-refractivity contribution in [3.63, 3.8) is 0 Å². The average Bonchev–Trinajstić information content (AvgIpc) is 2.55. The first-order valence-corrected chi connectivity index (χ1v) is 6.89. The summed E-state index contributed by atoms with van der Waals surface area (Å²) in [6.45, 7) is 1.78. The molecular formula is C17H12FN3O2. The summed E-state index contributed by atoms with van der Waals surface area (Å²) in [5, 5.41) is 11.2. The highest BCUT2D eigenvalue weighted by Crippen LogP contribution is 2.35. The fraction of sp³-hybridized carbons (Fsp3) is 0.0588. The summed E-state index contributed by atoms with van der Waals surface area (Å²) in [4.78, 5) is 19.1. The highest BCUT2D eigenvalue weighted by Gasteiger charge is 2.21. The van der Waals surface area contributed by atoms with Crippen LogP contribution in [0.3, 0.4) is 0 Å². The van der Waals surface area contributed by atoms with E-state index in [0.717, 1.165) is 5.56 Å². The summed E-state index contributed by atoms with van der Waals surface area (Å²) >= 11 is 0. The van der Waals surface area contributed by atoms with Crippen LogP contribution in [0.25, 0.3) is 22.5 Å². The van der Waals surface area contributed by atoms with Gasteiger partial charge in [-0.05, 0) is 30.7 Å². The van der Waals surface area contributed by atoms with Crippen molar-refractivity contribution in [1.29, 1.82) is 0 Å². The highest BCUT2D eigenvalue weighted by atomic mass is 19.1. The molecule has 3 rings (SSSR count). The number of aromatic nitrogens is 2. The fourth-order valence-electron chi connectivity index (χ4n) is 2.38. The van der Waals surface area contributed by atoms with Gasteiger partial charge in [0.15, 0.2) is 0 Å². The van der Waals surface area contributed by atoms with E-state index in [4.69, 9.17) is 0 Å². The lowest BCUT2D eigenvalue weighted by Crippen LogP contribution is -1.98. The zero-order valence-electron chi connectivity index (χ0n) is 12.2. The van der Waals surface area contributed by atoms with Crippen LogP contribution < -0.4 is 0 Å². The molecule has 0 radical (unpaired) electrons. The van der Waals surface area contributed by atoms with Crippen molar-refractivity contribution < 1.29 is 9.31 Å². The number of hydrogen-bond donors (Lipinski definition) is 0. The van der Waals surface area contributed by atoms with Crippen LogP contribution in [-0.4, -0.2) is 14.9 Å². The topological polar surface area (TPSA) is 68.9 Å². The lowest BCUT2D eigenvalue weighted by molar-refractivity contribution is -0.384. The van der Waals surface area contributed by atoms with Crippen LogP contribution in [0.2, 0.25) is 0 Å². The first-order chi connectivity index (χ1) is 11.1. The number of halogens is 1. The molecule has 23 heavy (non-hydrogen) atoms. The first kappa shape index (κ1) is 14.8. The second kappa shape index (κ2) is 5.92. The minimum atomic E-state index is -0.487. The van der Waals surface area contributed by atoms with Crippen molar-refractivity contribution in [3.8, 4) is 22.5 Å². The maximum Gasteiger partial charge on any atom is 0.278 e. The Labute approximate surface area is 131 Å². The van der Waals surface area contributed by atoms with Crippen molar-refractivity contribution in [2.24, 2.45) is 0 Å². The van der Waals surface area contributed by atoms with Crippen LogP contribution in [0.15, 0.2) is 54.9 Å². The van der Waals surface area contributed by atoms with Gasteiger partial charge in [-0.1, -0.05) is 18.2 Å². The molecule has 0 bridgehead atoms. The van der Waals surface area contributed by atoms with Crippen molar-refractivity contribution in [3.05, 3.63) is 76.4 Å². The van der Waals surface area contributed by atoms with E-state index < -0.39 is 10.7 Å². The van der Waals surface area contributed by atoms with Crippen LogP contribution in [0.1, 0.15) is 5.56 Å². The quantitative estimate of drug-likeness (QED) is 0.538. The van der Waals surface area contributed by atoms with E-state index in [1.54, 1.807) is 37.3 Å². The Morgan fingerprint density at radius 3 is 2.30 bits per heavy atom. The van der Waals surface area contributed by atoms with Gasteiger partial charge in [-0.25, -0.2) is 4.39 Å². The molecule has 6 heteroatoms. The van der Waals surface area contributed by atoms with Gasteiger partial charge in [0.2, 0.25) is 0 Å². The first-order valence-electron chi connectivity index (χ1n) is 6.89. The third kappa shape index (κ3) is 2.78. The van der Waals surface area contributed by atoms with E-state index >= 15 is 0 Å². The molecule has 0 saturated carbocycles. The number of nitrogens with zero attached hydrogens (tertiary/aromatic N) is 3. The maximum atomic E-state index is 14.3. The van der Waals surface area contributed by atoms with Gasteiger partial charge in [0.05, 0.1) is 16.2 Å². The van der Waals surface area contributed by atoms with Crippen molar-refractivity contribution >= 4 is 5.69 Å². The predicted octanol–water partition coefficient (Wildman–Crippen LogP) is 4.17. The number of benzene rings is 2. The van der Waals surface area contributed by atoms with Gasteiger partial charge in [0.1, 0.15) is 11.5 Å². The van der Waals surface area contributed by atoms with E-state index in [0.29, 0.717) is 5.56 Å². The Hall–Kier alpha value is -3.15. The summed E-state index contributed by atoms with van der Waals surface area (Å²) in [7, 11) is 0. The molecule has 0 fully saturated rings. The summed E-state index contributed by atoms with van der Waals surface area (Å²) in [5.74, 6) is -0.440. The Morgan fingerprint density at radius 1 is 1.00 bits per heavy atom. The highest BCUT2D eigenvalue weighted by molar-refractivity contribution is 5.82. The fourth-order valence-corrected chi connectivity index (χ4v) is 2.38. The van der Waals surface area contributed by atoms with Crippen LogP contribution >= 0.6 is 0 Å². The standard InChI is InChI=1S/C17H12FN3O2/c1-11-6-7-12(14(18)10-11)16-17(20-9-8-19-16)13-4-2-3-5-15(13)21(22)23/h2-10H,1H3. The predicted molar refractivity (Wildman–Crippen MR) is 84.3 cm³/mol. The molecule has 1 aromatic heterocycles. The molecule has 5 nitrogen and oxygen atoms in total. The maximum absolute atomic E-state index is 14.3. The van der Waals surface area contributed by atoms with Crippen LogP contribution in [0.4, 0.5) is 10.1 Å². The van der Waals surface area contributed by atoms with E-state index in [2.05, 4.69) is 9.97 Å². The van der Waals surface area contributed by atoms with Gasteiger partial charge >= 0.3 is 0 Å². The van der Waals surface area contributed by atoms with Crippen molar-refractivity contribution in [2.75, 3.05) is 0 Å². The van der Waals surface area contributed by atoms with E-state index in [1.165, 1.54) is 24.5 Å². The SMILES string of the molecule is Cc1ccc(-c2nccnc2-c2ccccc2[N+](=O)[O-])c(F)c1. The van der Waals surface area contributed by atoms with Crippen molar-refractivity contribution in [1.82, 2.24) is 9.97 Å². The van der Waals surface area contributed by atoms with Crippen molar-refractivity contribution in [2.45, 2.75) is 6.92 Å². The number of hydrogen-bond acceptors (Lipinski definition) is 4. The van der Waals surface area contributed by atoms with Gasteiger partial charge in [-0.15, -0.1) is 0 Å². The minimum absolute atomic E-state index is 0.0956. The van der Waals surface area contributed by atoms with Gasteiger partial charge in [-0.2, -0.15) is 0 Å². The summed E-state index contributed by atoms with van der Waals surface area (Å²) in [6.07, 6.45) is 2.87. The lowest BCUT2D eigenvalue weighted by Gasteiger charge is -2.09. The molecule has 0 atom stereocenters. The molecule has 0 aliphatic heterocycles.